The van der Waals surface area contributed by atoms with E-state index < -0.39 is 27.3 Å². The maximum Gasteiger partial charge on any atom is 0.310 e. The Morgan fingerprint density at radius 2 is 1.95 bits per heavy atom. The van der Waals surface area contributed by atoms with Crippen molar-refractivity contribution in [3.05, 3.63) is 16.3 Å². The second kappa shape index (κ2) is 6.12. The summed E-state index contributed by atoms with van der Waals surface area (Å²) in [5.74, 6) is -1.64. The molecule has 0 aromatic carbocycles. The molecule has 0 fully saturated rings. The predicted molar refractivity (Wildman–Crippen MR) is 78.9 cm³/mol. The van der Waals surface area contributed by atoms with Gasteiger partial charge in [-0.2, -0.15) is 0 Å². The molecule has 0 aliphatic rings. The first-order valence-corrected chi connectivity index (χ1v) is 8.33. The van der Waals surface area contributed by atoms with Crippen LogP contribution in [0.3, 0.4) is 0 Å². The van der Waals surface area contributed by atoms with Gasteiger partial charge in [0.2, 0.25) is 10.0 Å². The molecule has 1 aromatic heterocycles. The van der Waals surface area contributed by atoms with Crippen LogP contribution in [0, 0.1) is 5.41 Å². The molecule has 0 aliphatic carbocycles. The van der Waals surface area contributed by atoms with Crippen LogP contribution in [0.2, 0.25) is 0 Å². The van der Waals surface area contributed by atoms with Crippen LogP contribution in [0.1, 0.15) is 23.5 Å². The Morgan fingerprint density at radius 3 is 2.43 bits per heavy atom. The molecule has 1 amide bonds. The molecule has 0 radical (unpaired) electrons. The average molecular weight is 334 g/mol. The maximum absolute atomic E-state index is 12.1. The SMILES string of the molecule is CN(C)S(=O)(=O)c1ccsc1C(=O)NCC(C)(C)C(=O)O. The first kappa shape index (κ1) is 17.6. The Kier molecular flexibility index (Phi) is 5.13. The molecule has 118 valence electrons. The fourth-order valence-electron chi connectivity index (χ4n) is 1.32. The van der Waals surface area contributed by atoms with E-state index in [0.717, 1.165) is 15.6 Å². The Labute approximate surface area is 127 Å². The number of carbonyl (C=O) groups is 2. The summed E-state index contributed by atoms with van der Waals surface area (Å²) in [4.78, 5) is 23.0. The van der Waals surface area contributed by atoms with Crippen LogP contribution < -0.4 is 5.32 Å². The zero-order chi connectivity index (χ0) is 16.4. The van der Waals surface area contributed by atoms with Gasteiger partial charge in [0.25, 0.3) is 5.91 Å². The lowest BCUT2D eigenvalue weighted by Crippen LogP contribution is -2.39. The number of rotatable bonds is 6. The summed E-state index contributed by atoms with van der Waals surface area (Å²) in [6.45, 7) is 2.85. The maximum atomic E-state index is 12.1. The third-order valence-corrected chi connectivity index (χ3v) is 5.76. The highest BCUT2D eigenvalue weighted by Gasteiger charge is 2.30. The standard InChI is InChI=1S/C12H18N2O5S2/c1-12(2,11(16)17)7-13-10(15)9-8(5-6-20-9)21(18,19)14(3)4/h5-6H,7H2,1-4H3,(H,13,15)(H,16,17). The Hall–Kier alpha value is -1.45. The van der Waals surface area contributed by atoms with Crippen LogP contribution >= 0.6 is 11.3 Å². The molecule has 7 nitrogen and oxygen atoms in total. The van der Waals surface area contributed by atoms with Crippen LogP contribution in [0.5, 0.6) is 0 Å². The summed E-state index contributed by atoms with van der Waals surface area (Å²) in [6, 6.07) is 1.36. The summed E-state index contributed by atoms with van der Waals surface area (Å²) in [5.41, 5.74) is -1.13. The minimum atomic E-state index is -3.71. The van der Waals surface area contributed by atoms with Gasteiger partial charge in [-0.25, -0.2) is 12.7 Å². The van der Waals surface area contributed by atoms with E-state index in [4.69, 9.17) is 5.11 Å². The van der Waals surface area contributed by atoms with Gasteiger partial charge in [-0.15, -0.1) is 11.3 Å². The van der Waals surface area contributed by atoms with Crippen molar-refractivity contribution in [3.8, 4) is 0 Å². The van der Waals surface area contributed by atoms with E-state index in [-0.39, 0.29) is 16.3 Å². The van der Waals surface area contributed by atoms with Crippen molar-refractivity contribution in [2.24, 2.45) is 5.41 Å². The molecule has 0 saturated heterocycles. The third-order valence-electron chi connectivity index (χ3n) is 2.86. The first-order chi connectivity index (χ1) is 9.50. The van der Waals surface area contributed by atoms with Gasteiger partial charge >= 0.3 is 5.97 Å². The minimum absolute atomic E-state index is 0.0462. The first-order valence-electron chi connectivity index (χ1n) is 6.02. The zero-order valence-electron chi connectivity index (χ0n) is 12.2. The molecular weight excluding hydrogens is 316 g/mol. The molecule has 1 aromatic rings. The summed E-state index contributed by atoms with van der Waals surface area (Å²) in [5, 5.41) is 13.0. The zero-order valence-corrected chi connectivity index (χ0v) is 13.8. The molecule has 0 unspecified atom stereocenters. The van der Waals surface area contributed by atoms with Crippen molar-refractivity contribution < 1.29 is 23.1 Å². The highest BCUT2D eigenvalue weighted by Crippen LogP contribution is 2.24. The monoisotopic (exact) mass is 334 g/mol. The fourth-order valence-corrected chi connectivity index (χ4v) is 3.53. The van der Waals surface area contributed by atoms with Gasteiger partial charge in [0, 0.05) is 20.6 Å². The number of nitrogens with zero attached hydrogens (tertiary/aromatic N) is 1. The molecule has 0 saturated carbocycles. The molecule has 1 heterocycles. The fraction of sp³-hybridized carbons (Fsp3) is 0.500. The van der Waals surface area contributed by atoms with Gasteiger partial charge in [-0.3, -0.25) is 9.59 Å². The van der Waals surface area contributed by atoms with Crippen molar-refractivity contribution in [2.45, 2.75) is 18.7 Å². The number of carboxylic acid groups (broad SMARTS) is 1. The van der Waals surface area contributed by atoms with Crippen molar-refractivity contribution in [3.63, 3.8) is 0 Å². The van der Waals surface area contributed by atoms with E-state index in [1.807, 2.05) is 0 Å². The quantitative estimate of drug-likeness (QED) is 0.802. The Bertz CT molecular complexity index is 646. The van der Waals surface area contributed by atoms with Gasteiger partial charge in [-0.1, -0.05) is 0 Å². The largest absolute Gasteiger partial charge is 0.481 e. The molecule has 2 N–H and O–H groups in total. The highest BCUT2D eigenvalue weighted by molar-refractivity contribution is 7.89. The number of aliphatic carboxylic acids is 1. The van der Waals surface area contributed by atoms with Gasteiger partial charge in [0.15, 0.2) is 0 Å². The summed E-state index contributed by atoms with van der Waals surface area (Å²) >= 11 is 0.996. The lowest BCUT2D eigenvalue weighted by atomic mass is 9.94. The van der Waals surface area contributed by atoms with E-state index in [0.29, 0.717) is 0 Å². The predicted octanol–water partition coefficient (Wildman–Crippen LogP) is 0.839. The number of carbonyl (C=O) groups excluding carboxylic acids is 1. The van der Waals surface area contributed by atoms with E-state index >= 15 is 0 Å². The van der Waals surface area contributed by atoms with Gasteiger partial charge in [-0.05, 0) is 25.3 Å². The van der Waals surface area contributed by atoms with Crippen LogP contribution in [0.4, 0.5) is 0 Å². The lowest BCUT2D eigenvalue weighted by molar-refractivity contribution is -0.146. The molecule has 0 atom stereocenters. The average Bonchev–Trinajstić information content (AvgIpc) is 2.85. The van der Waals surface area contributed by atoms with Crippen LogP contribution in [-0.4, -0.2) is 50.3 Å². The highest BCUT2D eigenvalue weighted by atomic mass is 32.2. The second-order valence-corrected chi connectivity index (χ2v) is 8.31. The summed E-state index contributed by atoms with van der Waals surface area (Å²) < 4.78 is 25.2. The molecule has 0 spiro atoms. The number of thiophene rings is 1. The Balaban J connectivity index is 2.97. The van der Waals surface area contributed by atoms with Gasteiger partial charge in [0.1, 0.15) is 9.77 Å². The topological polar surface area (TPSA) is 104 Å². The van der Waals surface area contributed by atoms with Crippen molar-refractivity contribution in [1.29, 1.82) is 0 Å². The second-order valence-electron chi connectivity index (χ2n) is 5.27. The Morgan fingerprint density at radius 1 is 1.38 bits per heavy atom. The minimum Gasteiger partial charge on any atom is -0.481 e. The van der Waals surface area contributed by atoms with E-state index in [9.17, 15) is 18.0 Å². The van der Waals surface area contributed by atoms with E-state index in [2.05, 4.69) is 5.32 Å². The normalized spacial score (nSPS) is 12.4. The molecule has 0 aliphatic heterocycles. The number of amides is 1. The van der Waals surface area contributed by atoms with E-state index in [1.165, 1.54) is 39.4 Å². The van der Waals surface area contributed by atoms with Crippen molar-refractivity contribution in [1.82, 2.24) is 9.62 Å². The van der Waals surface area contributed by atoms with E-state index in [1.54, 1.807) is 0 Å². The number of hydrogen-bond donors (Lipinski definition) is 2. The molecule has 21 heavy (non-hydrogen) atoms. The molecular formula is C12H18N2O5S2. The van der Waals surface area contributed by atoms with Crippen molar-refractivity contribution >= 4 is 33.2 Å². The molecule has 9 heteroatoms. The number of hydrogen-bond acceptors (Lipinski definition) is 5. The summed E-state index contributed by atoms with van der Waals surface area (Å²) in [7, 11) is -0.958. The smallest absolute Gasteiger partial charge is 0.310 e. The number of carboxylic acids is 1. The van der Waals surface area contributed by atoms with Crippen molar-refractivity contribution in [2.75, 3.05) is 20.6 Å². The lowest BCUT2D eigenvalue weighted by Gasteiger charge is -2.19. The van der Waals surface area contributed by atoms with Crippen LogP contribution in [0.15, 0.2) is 16.3 Å². The molecule has 0 bridgehead atoms. The number of nitrogens with one attached hydrogen (secondary N) is 1. The third kappa shape index (κ3) is 3.80. The summed E-state index contributed by atoms with van der Waals surface area (Å²) in [6.07, 6.45) is 0. The van der Waals surface area contributed by atoms with Crippen LogP contribution in [0.25, 0.3) is 0 Å². The van der Waals surface area contributed by atoms with Crippen LogP contribution in [-0.2, 0) is 14.8 Å². The number of sulfonamides is 1. The van der Waals surface area contributed by atoms with Gasteiger partial charge < -0.3 is 10.4 Å². The van der Waals surface area contributed by atoms with Gasteiger partial charge in [0.05, 0.1) is 5.41 Å². The molecule has 1 rings (SSSR count).